The molecule has 2 nitrogen and oxygen atoms in total. The molecule has 0 saturated carbocycles. The molecule has 1 aliphatic rings. The van der Waals surface area contributed by atoms with E-state index >= 15 is 0 Å². The zero-order valence-electron chi connectivity index (χ0n) is 12.6. The summed E-state index contributed by atoms with van der Waals surface area (Å²) in [5, 5.41) is 0.627. The zero-order chi connectivity index (χ0) is 16.9. The predicted molar refractivity (Wildman–Crippen MR) is 113 cm³/mol. The minimum Gasteiger partial charge on any atom is -0.497 e. The molecule has 0 atom stereocenters. The molecule has 2 aromatic carbocycles. The van der Waals surface area contributed by atoms with Crippen LogP contribution in [-0.2, 0) is 0 Å². The van der Waals surface area contributed by atoms with Crippen LogP contribution in [0.15, 0.2) is 73.8 Å². The molecule has 24 heavy (non-hydrogen) atoms. The van der Waals surface area contributed by atoms with E-state index in [1.807, 2.05) is 54.6 Å². The van der Waals surface area contributed by atoms with Gasteiger partial charge in [-0.2, -0.15) is 0 Å². The molecule has 0 N–H and O–H groups in total. The molecule has 3 rings (SSSR count). The van der Waals surface area contributed by atoms with Gasteiger partial charge in [-0.05, 0) is 36.4 Å². The number of hydrogen-bond donors (Lipinski definition) is 0. The molecule has 1 heterocycles. The van der Waals surface area contributed by atoms with Crippen molar-refractivity contribution in [3.8, 4) is 5.75 Å². The Morgan fingerprint density at radius 1 is 1.08 bits per heavy atom. The standard InChI is InChI=1S/C17H12ClNOS4/c1-20-12-9-7-11(8-10-12)19-17-23-16(24-17)14(18)15(21)22-13-5-3-2-4-6-13/h2-10H,1H3. The first kappa shape index (κ1) is 17.9. The molecule has 1 saturated heterocycles. The van der Waals surface area contributed by atoms with E-state index in [0.717, 1.165) is 24.9 Å². The number of thioether (sulfide) groups is 3. The molecular weight excluding hydrogens is 398 g/mol. The second kappa shape index (κ2) is 8.45. The minimum absolute atomic E-state index is 0.627. The summed E-state index contributed by atoms with van der Waals surface area (Å²) < 4.78 is 7.78. The topological polar surface area (TPSA) is 21.6 Å². The third kappa shape index (κ3) is 4.58. The predicted octanol–water partition coefficient (Wildman–Crippen LogP) is 6.69. The highest BCUT2D eigenvalue weighted by Crippen LogP contribution is 2.51. The number of hydrogen-bond acceptors (Lipinski definition) is 6. The van der Waals surface area contributed by atoms with Gasteiger partial charge in [-0.1, -0.05) is 77.3 Å². The second-order valence-corrected chi connectivity index (χ2v) is 9.23. The average molecular weight is 410 g/mol. The van der Waals surface area contributed by atoms with Gasteiger partial charge in [0.25, 0.3) is 0 Å². The molecule has 1 fully saturated rings. The van der Waals surface area contributed by atoms with Crippen LogP contribution in [0, 0.1) is 0 Å². The third-order valence-corrected chi connectivity index (χ3v) is 7.45. The highest BCUT2D eigenvalue weighted by molar-refractivity contribution is 8.57. The lowest BCUT2D eigenvalue weighted by molar-refractivity contribution is 0.415. The van der Waals surface area contributed by atoms with E-state index in [0.29, 0.717) is 9.23 Å². The normalized spacial score (nSPS) is 13.2. The summed E-state index contributed by atoms with van der Waals surface area (Å²) in [6.07, 6.45) is 0. The van der Waals surface area contributed by atoms with E-state index < -0.39 is 0 Å². The van der Waals surface area contributed by atoms with Crippen LogP contribution in [0.25, 0.3) is 0 Å². The monoisotopic (exact) mass is 409 g/mol. The molecule has 2 aromatic rings. The Hall–Kier alpha value is -0.920. The van der Waals surface area contributed by atoms with E-state index in [1.54, 1.807) is 30.6 Å². The third-order valence-electron chi connectivity index (χ3n) is 2.97. The lowest BCUT2D eigenvalue weighted by Gasteiger charge is -2.19. The first-order valence-electron chi connectivity index (χ1n) is 6.91. The van der Waals surface area contributed by atoms with Gasteiger partial charge in [-0.25, -0.2) is 4.99 Å². The van der Waals surface area contributed by atoms with Gasteiger partial charge in [0.05, 0.1) is 26.3 Å². The Balaban J connectivity index is 1.62. The van der Waals surface area contributed by atoms with Crippen LogP contribution in [0.1, 0.15) is 0 Å². The van der Waals surface area contributed by atoms with E-state index in [2.05, 4.69) is 4.99 Å². The van der Waals surface area contributed by atoms with Crippen LogP contribution in [0.2, 0.25) is 0 Å². The molecule has 0 amide bonds. The van der Waals surface area contributed by atoms with Crippen LogP contribution < -0.4 is 4.74 Å². The number of ether oxygens (including phenoxy) is 1. The molecule has 0 aliphatic carbocycles. The summed E-state index contributed by atoms with van der Waals surface area (Å²) in [6.45, 7) is 0. The van der Waals surface area contributed by atoms with Gasteiger partial charge < -0.3 is 4.74 Å². The number of halogens is 1. The van der Waals surface area contributed by atoms with Crippen molar-refractivity contribution in [1.29, 1.82) is 0 Å². The van der Waals surface area contributed by atoms with Crippen molar-refractivity contribution in [2.45, 2.75) is 4.90 Å². The van der Waals surface area contributed by atoms with Crippen molar-refractivity contribution in [2.24, 2.45) is 4.99 Å². The number of rotatable bonds is 4. The largest absolute Gasteiger partial charge is 0.497 e. The van der Waals surface area contributed by atoms with Gasteiger partial charge in [0.1, 0.15) is 10.1 Å². The van der Waals surface area contributed by atoms with Gasteiger partial charge >= 0.3 is 0 Å². The Morgan fingerprint density at radius 2 is 1.75 bits per heavy atom. The molecule has 0 radical (unpaired) electrons. The van der Waals surface area contributed by atoms with Gasteiger partial charge in [0.15, 0.2) is 0 Å². The Labute approximate surface area is 164 Å². The Kier molecular flexibility index (Phi) is 6.30. The molecule has 1 aliphatic heterocycles. The Morgan fingerprint density at radius 3 is 2.38 bits per heavy atom. The number of nitrogens with zero attached hydrogens (tertiary/aromatic N) is 1. The highest BCUT2D eigenvalue weighted by atomic mass is 35.5. The summed E-state index contributed by atoms with van der Waals surface area (Å²) in [4.78, 5) is 5.65. The number of benzene rings is 2. The van der Waals surface area contributed by atoms with E-state index in [4.69, 9.17) is 28.6 Å². The fraction of sp³-hybridized carbons (Fsp3) is 0.0588. The van der Waals surface area contributed by atoms with Crippen LogP contribution in [-0.4, -0.2) is 15.7 Å². The smallest absolute Gasteiger partial charge is 0.141 e. The maximum Gasteiger partial charge on any atom is 0.141 e. The van der Waals surface area contributed by atoms with Crippen molar-refractivity contribution < 1.29 is 4.74 Å². The van der Waals surface area contributed by atoms with E-state index in [1.165, 1.54) is 11.8 Å². The van der Waals surface area contributed by atoms with Gasteiger partial charge in [-0.3, -0.25) is 0 Å². The fourth-order valence-corrected chi connectivity index (χ4v) is 5.22. The lowest BCUT2D eigenvalue weighted by Crippen LogP contribution is -2.02. The van der Waals surface area contributed by atoms with Crippen molar-refractivity contribution in [3.63, 3.8) is 0 Å². The summed E-state index contributed by atoms with van der Waals surface area (Å²) >= 11 is 16.4. The molecule has 0 bridgehead atoms. The van der Waals surface area contributed by atoms with Crippen molar-refractivity contribution in [2.75, 3.05) is 7.11 Å². The molecule has 122 valence electrons. The lowest BCUT2D eigenvalue weighted by atomic mass is 10.3. The summed E-state index contributed by atoms with van der Waals surface area (Å²) in [7, 11) is 1.65. The van der Waals surface area contributed by atoms with Crippen LogP contribution in [0.3, 0.4) is 0 Å². The molecule has 0 spiro atoms. The maximum absolute atomic E-state index is 6.40. The highest BCUT2D eigenvalue weighted by Gasteiger charge is 2.25. The quantitative estimate of drug-likeness (QED) is 0.317. The first-order valence-corrected chi connectivity index (χ1v) is 10.1. The minimum atomic E-state index is 0.627. The molecule has 7 heteroatoms. The molecular formula is C17H12ClNOS4. The van der Waals surface area contributed by atoms with Crippen LogP contribution in [0.4, 0.5) is 5.69 Å². The SMILES string of the molecule is COc1ccc(N=C2SC(=C(Cl)C(=S)Sc3ccccc3)S2)cc1. The Bertz CT molecular complexity index is 793. The number of aliphatic imine (C=N–C) groups is 1. The number of thiocarbonyl (C=S) groups is 1. The second-order valence-electron chi connectivity index (χ2n) is 4.58. The van der Waals surface area contributed by atoms with E-state index in [9.17, 15) is 0 Å². The first-order chi connectivity index (χ1) is 11.7. The van der Waals surface area contributed by atoms with Gasteiger partial charge in [0.2, 0.25) is 0 Å². The van der Waals surface area contributed by atoms with Crippen LogP contribution in [0.5, 0.6) is 5.75 Å². The fourth-order valence-electron chi connectivity index (χ4n) is 1.79. The average Bonchev–Trinajstić information content (AvgIpc) is 2.58. The summed E-state index contributed by atoms with van der Waals surface area (Å²) in [5.74, 6) is 0.819. The molecule has 0 unspecified atom stereocenters. The molecule has 0 aromatic heterocycles. The number of methoxy groups -OCH3 is 1. The van der Waals surface area contributed by atoms with Crippen molar-refractivity contribution in [3.05, 3.63) is 63.9 Å². The van der Waals surface area contributed by atoms with Crippen molar-refractivity contribution in [1.82, 2.24) is 0 Å². The summed E-state index contributed by atoms with van der Waals surface area (Å²) in [5.41, 5.74) is 0.891. The maximum atomic E-state index is 6.40. The van der Waals surface area contributed by atoms with Gasteiger partial charge in [0, 0.05) is 4.90 Å². The zero-order valence-corrected chi connectivity index (χ0v) is 16.6. The van der Waals surface area contributed by atoms with E-state index in [-0.39, 0.29) is 0 Å². The summed E-state index contributed by atoms with van der Waals surface area (Å²) in [6, 6.07) is 17.6. The van der Waals surface area contributed by atoms with Crippen molar-refractivity contribution >= 4 is 73.4 Å². The van der Waals surface area contributed by atoms with Crippen LogP contribution >= 0.6 is 59.1 Å². The van der Waals surface area contributed by atoms with Gasteiger partial charge in [-0.15, -0.1) is 0 Å².